The van der Waals surface area contributed by atoms with Crippen LogP contribution in [-0.4, -0.2) is 22.5 Å². The van der Waals surface area contributed by atoms with Crippen LogP contribution in [0.1, 0.15) is 12.8 Å². The molecule has 0 spiro atoms. The van der Waals surface area contributed by atoms with Crippen molar-refractivity contribution in [2.24, 2.45) is 0 Å². The molecule has 0 bridgehead atoms. The predicted molar refractivity (Wildman–Crippen MR) is 71.5 cm³/mol. The fourth-order valence-corrected chi connectivity index (χ4v) is 3.14. The maximum absolute atomic E-state index is 10.9. The van der Waals surface area contributed by atoms with Gasteiger partial charge in [0.25, 0.3) is 0 Å². The molecule has 5 nitrogen and oxygen atoms in total. The van der Waals surface area contributed by atoms with E-state index in [1.165, 1.54) is 18.6 Å². The van der Waals surface area contributed by atoms with Gasteiger partial charge in [-0.2, -0.15) is 11.8 Å². The monoisotopic (exact) mass is 253 g/mol. The lowest BCUT2D eigenvalue weighted by atomic mass is 10.2. The molecular weight excluding hydrogens is 238 g/mol. The molecule has 0 radical (unpaired) electrons. The zero-order valence-electron chi connectivity index (χ0n) is 9.39. The van der Waals surface area contributed by atoms with E-state index in [1.807, 2.05) is 11.8 Å². The normalized spacial score (nSPS) is 19.2. The molecular formula is C11H15N3O2S. The van der Waals surface area contributed by atoms with Gasteiger partial charge in [0.05, 0.1) is 4.92 Å². The number of benzene rings is 1. The minimum Gasteiger partial charge on any atom is -0.393 e. The largest absolute Gasteiger partial charge is 0.393 e. The Morgan fingerprint density at radius 2 is 2.41 bits per heavy atom. The highest BCUT2D eigenvalue weighted by Crippen LogP contribution is 2.32. The van der Waals surface area contributed by atoms with Crippen molar-refractivity contribution in [3.63, 3.8) is 0 Å². The van der Waals surface area contributed by atoms with Crippen LogP contribution in [0.25, 0.3) is 0 Å². The summed E-state index contributed by atoms with van der Waals surface area (Å²) >= 11 is 1.92. The number of hydrogen-bond donors (Lipinski definition) is 2. The molecule has 1 heterocycles. The Morgan fingerprint density at radius 3 is 3.06 bits per heavy atom. The third-order valence-electron chi connectivity index (χ3n) is 2.79. The van der Waals surface area contributed by atoms with Crippen molar-refractivity contribution in [1.29, 1.82) is 0 Å². The van der Waals surface area contributed by atoms with Crippen LogP contribution in [-0.2, 0) is 0 Å². The number of nitro benzene ring substituents is 1. The summed E-state index contributed by atoms with van der Waals surface area (Å²) in [6.07, 6.45) is 2.41. The van der Waals surface area contributed by atoms with Gasteiger partial charge in [0.2, 0.25) is 0 Å². The maximum atomic E-state index is 10.9. The molecule has 92 valence electrons. The van der Waals surface area contributed by atoms with Crippen molar-refractivity contribution in [2.45, 2.75) is 18.1 Å². The van der Waals surface area contributed by atoms with Gasteiger partial charge in [0.15, 0.2) is 0 Å². The number of hydrogen-bond acceptors (Lipinski definition) is 5. The molecule has 3 N–H and O–H groups in total. The summed E-state index contributed by atoms with van der Waals surface area (Å²) in [7, 11) is 0. The highest BCUT2D eigenvalue weighted by Gasteiger charge is 2.20. The average molecular weight is 253 g/mol. The Balaban J connectivity index is 2.09. The average Bonchev–Trinajstić information content (AvgIpc) is 2.78. The van der Waals surface area contributed by atoms with Crippen LogP contribution >= 0.6 is 11.8 Å². The zero-order chi connectivity index (χ0) is 12.3. The van der Waals surface area contributed by atoms with E-state index in [4.69, 9.17) is 5.73 Å². The van der Waals surface area contributed by atoms with Crippen molar-refractivity contribution < 1.29 is 4.92 Å². The van der Waals surface area contributed by atoms with E-state index < -0.39 is 4.92 Å². The topological polar surface area (TPSA) is 81.2 Å². The first-order valence-corrected chi connectivity index (χ1v) is 6.61. The van der Waals surface area contributed by atoms with Crippen LogP contribution in [0.4, 0.5) is 17.1 Å². The van der Waals surface area contributed by atoms with Gasteiger partial charge in [-0.1, -0.05) is 6.07 Å². The lowest BCUT2D eigenvalue weighted by Crippen LogP contribution is -2.14. The first kappa shape index (κ1) is 12.0. The van der Waals surface area contributed by atoms with Crippen LogP contribution in [0.2, 0.25) is 0 Å². The Labute approximate surface area is 104 Å². The minimum atomic E-state index is -0.431. The standard InChI is InChI=1S/C11H15N3O2S/c12-9-4-1-5-10(11(9)14(15)16)13-7-8-3-2-6-17-8/h1,4-5,8,13H,2-3,6-7,12H2. The third kappa shape index (κ3) is 2.82. The lowest BCUT2D eigenvalue weighted by molar-refractivity contribution is -0.383. The molecule has 17 heavy (non-hydrogen) atoms. The number of nitrogen functional groups attached to an aromatic ring is 1. The number of para-hydroxylation sites is 1. The van der Waals surface area contributed by atoms with E-state index in [-0.39, 0.29) is 11.4 Å². The van der Waals surface area contributed by atoms with E-state index >= 15 is 0 Å². The first-order valence-electron chi connectivity index (χ1n) is 5.57. The summed E-state index contributed by atoms with van der Waals surface area (Å²) in [4.78, 5) is 10.5. The fourth-order valence-electron chi connectivity index (χ4n) is 1.94. The second kappa shape index (κ2) is 5.27. The van der Waals surface area contributed by atoms with Crippen molar-refractivity contribution >= 4 is 28.8 Å². The molecule has 1 aromatic rings. The number of nitro groups is 1. The molecule has 0 aliphatic carbocycles. The van der Waals surface area contributed by atoms with Gasteiger partial charge in [0.1, 0.15) is 11.4 Å². The van der Waals surface area contributed by atoms with Crippen LogP contribution in [0, 0.1) is 10.1 Å². The van der Waals surface area contributed by atoms with Gasteiger partial charge in [-0.25, -0.2) is 0 Å². The quantitative estimate of drug-likeness (QED) is 0.489. The van der Waals surface area contributed by atoms with E-state index in [0.717, 1.165) is 6.54 Å². The molecule has 6 heteroatoms. The Kier molecular flexibility index (Phi) is 3.73. The highest BCUT2D eigenvalue weighted by atomic mass is 32.2. The van der Waals surface area contributed by atoms with Gasteiger partial charge in [-0.3, -0.25) is 10.1 Å². The van der Waals surface area contributed by atoms with Gasteiger partial charge < -0.3 is 11.1 Å². The van der Waals surface area contributed by atoms with Crippen molar-refractivity contribution in [3.05, 3.63) is 28.3 Å². The number of rotatable bonds is 4. The number of nitrogens with zero attached hydrogens (tertiary/aromatic N) is 1. The number of anilines is 2. The third-order valence-corrected chi connectivity index (χ3v) is 4.19. The van der Waals surface area contributed by atoms with Crippen LogP contribution in [0.3, 0.4) is 0 Å². The molecule has 0 amide bonds. The lowest BCUT2D eigenvalue weighted by Gasteiger charge is -2.12. The van der Waals surface area contributed by atoms with E-state index in [0.29, 0.717) is 10.9 Å². The maximum Gasteiger partial charge on any atom is 0.314 e. The van der Waals surface area contributed by atoms with Gasteiger partial charge in [-0.15, -0.1) is 0 Å². The molecule has 0 aromatic heterocycles. The van der Waals surface area contributed by atoms with E-state index in [9.17, 15) is 10.1 Å². The summed E-state index contributed by atoms with van der Waals surface area (Å²) < 4.78 is 0. The molecule has 1 saturated heterocycles. The smallest absolute Gasteiger partial charge is 0.314 e. The summed E-state index contributed by atoms with van der Waals surface area (Å²) in [5.41, 5.74) is 6.32. The Bertz CT molecular complexity index is 419. The number of nitrogens with one attached hydrogen (secondary N) is 1. The molecule has 1 atom stereocenters. The van der Waals surface area contributed by atoms with E-state index in [2.05, 4.69) is 5.32 Å². The van der Waals surface area contributed by atoms with Gasteiger partial charge in [0, 0.05) is 11.8 Å². The Morgan fingerprint density at radius 1 is 1.59 bits per heavy atom. The summed E-state index contributed by atoms with van der Waals surface area (Å²) in [6, 6.07) is 4.98. The summed E-state index contributed by atoms with van der Waals surface area (Å²) in [6.45, 7) is 0.759. The van der Waals surface area contributed by atoms with Crippen molar-refractivity contribution in [2.75, 3.05) is 23.3 Å². The fraction of sp³-hybridized carbons (Fsp3) is 0.455. The molecule has 0 saturated carbocycles. The van der Waals surface area contributed by atoms with E-state index in [1.54, 1.807) is 18.2 Å². The molecule has 1 unspecified atom stereocenters. The van der Waals surface area contributed by atoms with Crippen LogP contribution < -0.4 is 11.1 Å². The molecule has 1 aliphatic rings. The SMILES string of the molecule is Nc1cccc(NCC2CCCS2)c1[N+](=O)[O-]. The minimum absolute atomic E-state index is 0.0181. The van der Waals surface area contributed by atoms with Crippen LogP contribution in [0.15, 0.2) is 18.2 Å². The molecule has 1 aromatic carbocycles. The Hall–Kier alpha value is -1.43. The van der Waals surface area contributed by atoms with Gasteiger partial charge >= 0.3 is 5.69 Å². The predicted octanol–water partition coefficient (Wildman–Crippen LogP) is 2.48. The summed E-state index contributed by atoms with van der Waals surface area (Å²) in [5, 5.41) is 14.6. The molecule has 1 aliphatic heterocycles. The zero-order valence-corrected chi connectivity index (χ0v) is 10.2. The summed E-state index contributed by atoms with van der Waals surface area (Å²) in [5.74, 6) is 1.19. The second-order valence-electron chi connectivity index (χ2n) is 4.02. The van der Waals surface area contributed by atoms with Gasteiger partial charge in [-0.05, 0) is 30.7 Å². The molecule has 2 rings (SSSR count). The first-order chi connectivity index (χ1) is 8.18. The van der Waals surface area contributed by atoms with Crippen molar-refractivity contribution in [3.8, 4) is 0 Å². The molecule has 1 fully saturated rings. The number of nitrogens with two attached hydrogens (primary N) is 1. The number of thioether (sulfide) groups is 1. The highest BCUT2D eigenvalue weighted by molar-refractivity contribution is 8.00. The second-order valence-corrected chi connectivity index (χ2v) is 5.42. The van der Waals surface area contributed by atoms with Crippen molar-refractivity contribution in [1.82, 2.24) is 0 Å². The van der Waals surface area contributed by atoms with Crippen LogP contribution in [0.5, 0.6) is 0 Å².